The monoisotopic (exact) mass is 258 g/mol. The first-order valence-electron chi connectivity index (χ1n) is 6.06. The molecule has 1 rings (SSSR count). The molecule has 2 unspecified atom stereocenters. The number of carboxylic acid groups (broad SMARTS) is 1. The van der Waals surface area contributed by atoms with Crippen molar-refractivity contribution in [2.75, 3.05) is 0 Å². The molecule has 0 amide bonds. The summed E-state index contributed by atoms with van der Waals surface area (Å²) in [7, 11) is 0. The molecule has 0 bridgehead atoms. The van der Waals surface area contributed by atoms with Gasteiger partial charge in [-0.15, -0.1) is 0 Å². The van der Waals surface area contributed by atoms with Crippen LogP contribution in [0.1, 0.15) is 47.5 Å². The Hall–Kier alpha value is -0.940. The highest BCUT2D eigenvalue weighted by Crippen LogP contribution is 2.46. The van der Waals surface area contributed by atoms with Gasteiger partial charge in [0.05, 0.1) is 12.0 Å². The van der Waals surface area contributed by atoms with Gasteiger partial charge in [-0.2, -0.15) is 0 Å². The van der Waals surface area contributed by atoms with Gasteiger partial charge in [0.25, 0.3) is 0 Å². The Bertz CT molecular complexity index is 342. The summed E-state index contributed by atoms with van der Waals surface area (Å²) in [6.07, 6.45) is 0.197. The zero-order valence-electron chi connectivity index (χ0n) is 11.6. The van der Waals surface area contributed by atoms with Crippen LogP contribution in [-0.4, -0.2) is 34.9 Å². The third-order valence-electron chi connectivity index (χ3n) is 3.36. The zero-order chi connectivity index (χ0) is 14.2. The fourth-order valence-corrected chi connectivity index (χ4v) is 2.42. The Morgan fingerprint density at radius 1 is 1.44 bits per heavy atom. The van der Waals surface area contributed by atoms with Crippen molar-refractivity contribution < 1.29 is 24.2 Å². The number of hydrogen-bond acceptors (Lipinski definition) is 4. The molecule has 2 atom stereocenters. The highest BCUT2D eigenvalue weighted by molar-refractivity contribution is 5.69. The average molecular weight is 258 g/mol. The van der Waals surface area contributed by atoms with Crippen LogP contribution in [0.2, 0.25) is 0 Å². The van der Waals surface area contributed by atoms with E-state index in [-0.39, 0.29) is 12.8 Å². The summed E-state index contributed by atoms with van der Waals surface area (Å²) in [4.78, 5) is 22.1. The lowest BCUT2D eigenvalue weighted by molar-refractivity contribution is -0.346. The van der Waals surface area contributed by atoms with E-state index < -0.39 is 28.9 Å². The number of aliphatic carboxylic acids is 1. The first-order valence-corrected chi connectivity index (χ1v) is 6.06. The standard InChI is InChI=1S/C13H22O5/c1-11(2,3)13(7-10(15)16)6-9(8-14)17-12(4,5)18-13/h8-9H,6-7H2,1-5H3,(H,15,16). The second kappa shape index (κ2) is 4.63. The van der Waals surface area contributed by atoms with Crippen molar-refractivity contribution in [3.63, 3.8) is 0 Å². The smallest absolute Gasteiger partial charge is 0.306 e. The van der Waals surface area contributed by atoms with Crippen LogP contribution in [0.4, 0.5) is 0 Å². The van der Waals surface area contributed by atoms with Crippen molar-refractivity contribution in [1.82, 2.24) is 0 Å². The fraction of sp³-hybridized carbons (Fsp3) is 0.846. The summed E-state index contributed by atoms with van der Waals surface area (Å²) in [5.41, 5.74) is -1.32. The summed E-state index contributed by atoms with van der Waals surface area (Å²) >= 11 is 0. The van der Waals surface area contributed by atoms with E-state index >= 15 is 0 Å². The molecule has 0 aromatic rings. The Labute approximate surface area is 107 Å². The van der Waals surface area contributed by atoms with E-state index in [4.69, 9.17) is 14.6 Å². The van der Waals surface area contributed by atoms with Crippen molar-refractivity contribution in [3.05, 3.63) is 0 Å². The van der Waals surface area contributed by atoms with E-state index in [1.165, 1.54) is 0 Å². The molecule has 1 N–H and O–H groups in total. The van der Waals surface area contributed by atoms with E-state index in [0.717, 1.165) is 0 Å². The summed E-state index contributed by atoms with van der Waals surface area (Å²) < 4.78 is 11.4. The summed E-state index contributed by atoms with van der Waals surface area (Å²) in [6, 6.07) is 0. The molecule has 1 aliphatic heterocycles. The molecule has 5 nitrogen and oxygen atoms in total. The maximum Gasteiger partial charge on any atom is 0.306 e. The zero-order valence-corrected chi connectivity index (χ0v) is 11.6. The maximum atomic E-state index is 11.1. The molecule has 1 fully saturated rings. The van der Waals surface area contributed by atoms with E-state index in [1.807, 2.05) is 20.8 Å². The topological polar surface area (TPSA) is 72.8 Å². The number of hydrogen-bond donors (Lipinski definition) is 1. The molecule has 0 saturated carbocycles. The molecule has 1 saturated heterocycles. The van der Waals surface area contributed by atoms with Gasteiger partial charge in [-0.25, -0.2) is 0 Å². The number of rotatable bonds is 3. The minimum absolute atomic E-state index is 0.145. The van der Waals surface area contributed by atoms with Crippen LogP contribution in [0.3, 0.4) is 0 Å². The minimum Gasteiger partial charge on any atom is -0.481 e. The molecule has 0 aliphatic carbocycles. The Morgan fingerprint density at radius 2 is 2.00 bits per heavy atom. The Morgan fingerprint density at radius 3 is 2.39 bits per heavy atom. The van der Waals surface area contributed by atoms with Gasteiger partial charge in [0.2, 0.25) is 0 Å². The van der Waals surface area contributed by atoms with Gasteiger partial charge >= 0.3 is 5.97 Å². The van der Waals surface area contributed by atoms with Crippen molar-refractivity contribution >= 4 is 12.3 Å². The van der Waals surface area contributed by atoms with Gasteiger partial charge in [0.1, 0.15) is 12.4 Å². The molecule has 104 valence electrons. The first-order chi connectivity index (χ1) is 8.01. The molecule has 0 aromatic carbocycles. The van der Waals surface area contributed by atoms with Gasteiger partial charge in [-0.05, 0) is 19.3 Å². The van der Waals surface area contributed by atoms with Crippen LogP contribution in [-0.2, 0) is 19.1 Å². The average Bonchev–Trinajstić information content (AvgIpc) is 2.11. The highest BCUT2D eigenvalue weighted by atomic mass is 16.7. The molecule has 0 radical (unpaired) electrons. The van der Waals surface area contributed by atoms with Crippen molar-refractivity contribution in [1.29, 1.82) is 0 Å². The third-order valence-corrected chi connectivity index (χ3v) is 3.36. The molecule has 0 aromatic heterocycles. The molecule has 18 heavy (non-hydrogen) atoms. The molecular formula is C13H22O5. The Kier molecular flexibility index (Phi) is 3.89. The van der Waals surface area contributed by atoms with Gasteiger partial charge in [-0.1, -0.05) is 20.8 Å². The van der Waals surface area contributed by atoms with Crippen LogP contribution in [0.25, 0.3) is 0 Å². The summed E-state index contributed by atoms with van der Waals surface area (Å²) in [5, 5.41) is 9.11. The lowest BCUT2D eigenvalue weighted by Crippen LogP contribution is -2.59. The number of carbonyl (C=O) groups is 2. The van der Waals surface area contributed by atoms with Gasteiger partial charge in [0, 0.05) is 6.42 Å². The van der Waals surface area contributed by atoms with Gasteiger partial charge in [-0.3, -0.25) is 4.79 Å². The Balaban J connectivity index is 3.16. The molecular weight excluding hydrogens is 236 g/mol. The van der Waals surface area contributed by atoms with Crippen molar-refractivity contribution in [3.8, 4) is 0 Å². The third kappa shape index (κ3) is 3.09. The lowest BCUT2D eigenvalue weighted by atomic mass is 9.70. The summed E-state index contributed by atoms with van der Waals surface area (Å²) in [5.74, 6) is -1.90. The fourth-order valence-electron chi connectivity index (χ4n) is 2.42. The molecule has 1 aliphatic rings. The quantitative estimate of drug-likeness (QED) is 0.784. The van der Waals surface area contributed by atoms with Crippen LogP contribution < -0.4 is 0 Å². The predicted molar refractivity (Wildman–Crippen MR) is 65.2 cm³/mol. The summed E-state index contributed by atoms with van der Waals surface area (Å²) in [6.45, 7) is 9.15. The van der Waals surface area contributed by atoms with Crippen molar-refractivity contribution in [2.24, 2.45) is 5.41 Å². The lowest BCUT2D eigenvalue weighted by Gasteiger charge is -2.53. The minimum atomic E-state index is -0.966. The predicted octanol–water partition coefficient (Wildman–Crippen LogP) is 1.99. The van der Waals surface area contributed by atoms with Crippen LogP contribution >= 0.6 is 0 Å². The maximum absolute atomic E-state index is 11.1. The normalized spacial score (nSPS) is 31.9. The van der Waals surface area contributed by atoms with Gasteiger partial charge in [0.15, 0.2) is 5.79 Å². The molecule has 0 spiro atoms. The number of carboxylic acids is 1. The second-order valence-electron chi connectivity index (χ2n) is 6.31. The number of ether oxygens (including phenoxy) is 2. The van der Waals surface area contributed by atoms with E-state index in [2.05, 4.69) is 0 Å². The SMILES string of the molecule is CC1(C)OC(C=O)CC(CC(=O)O)(C(C)(C)C)O1. The molecule has 5 heteroatoms. The largest absolute Gasteiger partial charge is 0.481 e. The van der Waals surface area contributed by atoms with Crippen molar-refractivity contribution in [2.45, 2.75) is 65.0 Å². The van der Waals surface area contributed by atoms with Crippen LogP contribution in [0.5, 0.6) is 0 Å². The van der Waals surface area contributed by atoms with Gasteiger partial charge < -0.3 is 19.4 Å². The first kappa shape index (κ1) is 15.1. The molecule has 1 heterocycles. The van der Waals surface area contributed by atoms with E-state index in [1.54, 1.807) is 13.8 Å². The highest BCUT2D eigenvalue weighted by Gasteiger charge is 2.53. The second-order valence-corrected chi connectivity index (χ2v) is 6.31. The van der Waals surface area contributed by atoms with E-state index in [0.29, 0.717) is 6.29 Å². The number of carbonyl (C=O) groups excluding carboxylic acids is 1. The van der Waals surface area contributed by atoms with E-state index in [9.17, 15) is 9.59 Å². The van der Waals surface area contributed by atoms with Crippen LogP contribution in [0.15, 0.2) is 0 Å². The number of aldehydes is 1. The van der Waals surface area contributed by atoms with Crippen LogP contribution in [0, 0.1) is 5.41 Å².